The molecule has 9 nitrogen and oxygen atoms in total. The van der Waals surface area contributed by atoms with E-state index in [1.54, 1.807) is 6.92 Å². The van der Waals surface area contributed by atoms with Crippen LogP contribution >= 0.6 is 0 Å². The number of sulfone groups is 2. The SMILES string of the molecule is CCS(=O)(=O)c1ccc(-c2nnc(NC(=O)c3ccc(S(C)(=O)=O)cc3)o2)cc1. The molecule has 1 amide bonds. The molecule has 0 atom stereocenters. The van der Waals surface area contributed by atoms with Crippen LogP contribution in [0.3, 0.4) is 0 Å². The second-order valence-corrected chi connectivity index (χ2v) is 10.4. The summed E-state index contributed by atoms with van der Waals surface area (Å²) in [5.41, 5.74) is 0.705. The topological polar surface area (TPSA) is 136 Å². The van der Waals surface area contributed by atoms with E-state index in [9.17, 15) is 21.6 Å². The monoisotopic (exact) mass is 435 g/mol. The lowest BCUT2D eigenvalue weighted by molar-refractivity contribution is 0.102. The number of hydrogen-bond acceptors (Lipinski definition) is 8. The highest BCUT2D eigenvalue weighted by atomic mass is 32.2. The smallest absolute Gasteiger partial charge is 0.322 e. The molecule has 0 aliphatic rings. The maximum absolute atomic E-state index is 12.3. The molecule has 0 aliphatic heterocycles. The predicted octanol–water partition coefficient (Wildman–Crippen LogP) is 2.19. The first-order valence-corrected chi connectivity index (χ1v) is 11.9. The highest BCUT2D eigenvalue weighted by Crippen LogP contribution is 2.22. The van der Waals surface area contributed by atoms with Crippen molar-refractivity contribution in [2.45, 2.75) is 16.7 Å². The highest BCUT2D eigenvalue weighted by Gasteiger charge is 2.16. The summed E-state index contributed by atoms with van der Waals surface area (Å²) in [6.45, 7) is 1.56. The number of anilines is 1. The Kier molecular flexibility index (Phi) is 5.53. The number of carbonyl (C=O) groups is 1. The Labute approximate surface area is 167 Å². The van der Waals surface area contributed by atoms with Crippen LogP contribution in [0.4, 0.5) is 6.01 Å². The molecule has 3 aromatic rings. The molecule has 3 rings (SSSR count). The molecule has 29 heavy (non-hydrogen) atoms. The molecule has 1 heterocycles. The van der Waals surface area contributed by atoms with Gasteiger partial charge >= 0.3 is 6.01 Å². The summed E-state index contributed by atoms with van der Waals surface area (Å²) < 4.78 is 52.0. The zero-order valence-electron chi connectivity index (χ0n) is 15.5. The maximum Gasteiger partial charge on any atom is 0.322 e. The van der Waals surface area contributed by atoms with E-state index in [4.69, 9.17) is 4.42 Å². The lowest BCUT2D eigenvalue weighted by Gasteiger charge is -2.03. The van der Waals surface area contributed by atoms with E-state index in [-0.39, 0.29) is 33.0 Å². The van der Waals surface area contributed by atoms with Gasteiger partial charge in [-0.25, -0.2) is 16.8 Å². The van der Waals surface area contributed by atoms with Crippen LogP contribution in [0.2, 0.25) is 0 Å². The molecule has 152 valence electrons. The third kappa shape index (κ3) is 4.69. The van der Waals surface area contributed by atoms with Crippen molar-refractivity contribution in [3.05, 3.63) is 54.1 Å². The van der Waals surface area contributed by atoms with Crippen LogP contribution < -0.4 is 5.32 Å². The van der Waals surface area contributed by atoms with Gasteiger partial charge in [-0.1, -0.05) is 12.0 Å². The van der Waals surface area contributed by atoms with E-state index < -0.39 is 25.6 Å². The number of carbonyl (C=O) groups excluding carboxylic acids is 1. The zero-order valence-corrected chi connectivity index (χ0v) is 17.1. The molecule has 1 N–H and O–H groups in total. The van der Waals surface area contributed by atoms with Crippen LogP contribution in [0.1, 0.15) is 17.3 Å². The minimum atomic E-state index is -3.36. The van der Waals surface area contributed by atoms with Crippen molar-refractivity contribution in [2.75, 3.05) is 17.3 Å². The number of aromatic nitrogens is 2. The van der Waals surface area contributed by atoms with Gasteiger partial charge in [-0.3, -0.25) is 10.1 Å². The largest absolute Gasteiger partial charge is 0.403 e. The summed E-state index contributed by atoms with van der Waals surface area (Å²) >= 11 is 0. The average Bonchev–Trinajstić information content (AvgIpc) is 3.16. The van der Waals surface area contributed by atoms with Crippen LogP contribution in [0.15, 0.2) is 62.7 Å². The van der Waals surface area contributed by atoms with Gasteiger partial charge in [-0.15, -0.1) is 5.10 Å². The molecule has 1 aromatic heterocycles. The minimum Gasteiger partial charge on any atom is -0.403 e. The summed E-state index contributed by atoms with van der Waals surface area (Å²) in [7, 11) is -6.67. The average molecular weight is 435 g/mol. The molecule has 0 radical (unpaired) electrons. The standard InChI is InChI=1S/C18H17N3O6S2/c1-3-29(25,26)15-10-6-13(7-11-15)17-20-21-18(27-17)19-16(22)12-4-8-14(9-5-12)28(2,23)24/h4-11H,3H2,1-2H3,(H,19,21,22). The van der Waals surface area contributed by atoms with Crippen LogP contribution in [0.5, 0.6) is 0 Å². The predicted molar refractivity (Wildman–Crippen MR) is 105 cm³/mol. The van der Waals surface area contributed by atoms with Gasteiger partial charge in [0.25, 0.3) is 5.91 Å². The van der Waals surface area contributed by atoms with Gasteiger partial charge in [-0.2, -0.15) is 0 Å². The number of nitrogens with one attached hydrogen (secondary N) is 1. The van der Waals surface area contributed by atoms with E-state index in [1.807, 2.05) is 0 Å². The summed E-state index contributed by atoms with van der Waals surface area (Å²) in [5.74, 6) is -0.452. The maximum atomic E-state index is 12.3. The number of benzene rings is 2. The molecular weight excluding hydrogens is 418 g/mol. The van der Waals surface area contributed by atoms with Gasteiger partial charge in [0.15, 0.2) is 19.7 Å². The minimum absolute atomic E-state index is 0.00570. The van der Waals surface area contributed by atoms with Gasteiger partial charge in [-0.05, 0) is 48.5 Å². The second-order valence-electron chi connectivity index (χ2n) is 6.09. The van der Waals surface area contributed by atoms with E-state index >= 15 is 0 Å². The fourth-order valence-corrected chi connectivity index (χ4v) is 3.90. The Bertz CT molecular complexity index is 1250. The first-order chi connectivity index (χ1) is 13.6. The van der Waals surface area contributed by atoms with Crippen molar-refractivity contribution >= 4 is 31.6 Å². The van der Waals surface area contributed by atoms with Gasteiger partial charge in [0.2, 0.25) is 5.89 Å². The summed E-state index contributed by atoms with van der Waals surface area (Å²) in [6.07, 6.45) is 1.08. The van der Waals surface area contributed by atoms with E-state index in [1.165, 1.54) is 48.5 Å². The Morgan fingerprint density at radius 3 is 2.07 bits per heavy atom. The molecule has 2 aromatic carbocycles. The molecule has 0 aliphatic carbocycles. The fraction of sp³-hybridized carbons (Fsp3) is 0.167. The summed E-state index contributed by atoms with van der Waals surface area (Å²) in [5, 5.41) is 10.00. The lowest BCUT2D eigenvalue weighted by Crippen LogP contribution is -2.12. The third-order valence-corrected chi connectivity index (χ3v) is 6.91. The van der Waals surface area contributed by atoms with Crippen molar-refractivity contribution in [2.24, 2.45) is 0 Å². The highest BCUT2D eigenvalue weighted by molar-refractivity contribution is 7.91. The molecule has 0 spiro atoms. The Hall–Kier alpha value is -3.05. The Balaban J connectivity index is 1.74. The molecule has 0 saturated carbocycles. The Morgan fingerprint density at radius 2 is 1.52 bits per heavy atom. The molecule has 0 unspecified atom stereocenters. The molecule has 11 heteroatoms. The number of nitrogens with zero attached hydrogens (tertiary/aromatic N) is 2. The summed E-state index contributed by atoms with van der Waals surface area (Å²) in [6, 6.07) is 11.2. The van der Waals surface area contributed by atoms with Crippen molar-refractivity contribution < 1.29 is 26.0 Å². The quantitative estimate of drug-likeness (QED) is 0.622. The second kappa shape index (κ2) is 7.76. The van der Waals surface area contributed by atoms with Gasteiger partial charge < -0.3 is 4.42 Å². The first-order valence-electron chi connectivity index (χ1n) is 8.38. The van der Waals surface area contributed by atoms with Crippen molar-refractivity contribution in [1.29, 1.82) is 0 Å². The number of amides is 1. The molecule has 0 bridgehead atoms. The van der Waals surface area contributed by atoms with Crippen LogP contribution in [-0.4, -0.2) is 44.9 Å². The normalized spacial score (nSPS) is 11.9. The van der Waals surface area contributed by atoms with Gasteiger partial charge in [0, 0.05) is 17.4 Å². The first kappa shape index (κ1) is 20.7. The summed E-state index contributed by atoms with van der Waals surface area (Å²) in [4.78, 5) is 12.5. The molecule has 0 fully saturated rings. The zero-order chi connectivity index (χ0) is 21.2. The van der Waals surface area contributed by atoms with E-state index in [0.717, 1.165) is 6.26 Å². The van der Waals surface area contributed by atoms with E-state index in [0.29, 0.717) is 5.56 Å². The number of hydrogen-bond donors (Lipinski definition) is 1. The fourth-order valence-electron chi connectivity index (χ4n) is 2.38. The lowest BCUT2D eigenvalue weighted by atomic mass is 10.2. The van der Waals surface area contributed by atoms with Crippen LogP contribution in [0.25, 0.3) is 11.5 Å². The van der Waals surface area contributed by atoms with Crippen LogP contribution in [-0.2, 0) is 19.7 Å². The Morgan fingerprint density at radius 1 is 0.931 bits per heavy atom. The van der Waals surface area contributed by atoms with Gasteiger partial charge in [0.1, 0.15) is 0 Å². The molecular formula is C18H17N3O6S2. The van der Waals surface area contributed by atoms with Crippen molar-refractivity contribution in [3.63, 3.8) is 0 Å². The molecule has 0 saturated heterocycles. The number of rotatable bonds is 6. The van der Waals surface area contributed by atoms with Crippen molar-refractivity contribution in [1.82, 2.24) is 10.2 Å². The van der Waals surface area contributed by atoms with Gasteiger partial charge in [0.05, 0.1) is 15.5 Å². The van der Waals surface area contributed by atoms with Crippen LogP contribution in [0, 0.1) is 0 Å². The van der Waals surface area contributed by atoms with Crippen molar-refractivity contribution in [3.8, 4) is 11.5 Å². The third-order valence-electron chi connectivity index (χ3n) is 4.03. The van der Waals surface area contributed by atoms with E-state index in [2.05, 4.69) is 15.5 Å².